The molecular formula is C8H15IN2. The van der Waals surface area contributed by atoms with E-state index in [1.165, 1.54) is 5.71 Å². The summed E-state index contributed by atoms with van der Waals surface area (Å²) >= 11 is 2.27. The molecule has 11 heavy (non-hydrogen) atoms. The van der Waals surface area contributed by atoms with E-state index in [2.05, 4.69) is 48.7 Å². The van der Waals surface area contributed by atoms with Crippen LogP contribution in [0.4, 0.5) is 0 Å². The molecule has 0 amide bonds. The maximum absolute atomic E-state index is 4.45. The number of hydrogen-bond donors (Lipinski definition) is 0. The second kappa shape index (κ2) is 3.74. The lowest BCUT2D eigenvalue weighted by Gasteiger charge is -2.08. The molecule has 1 aliphatic heterocycles. The minimum atomic E-state index is 0.601. The quantitative estimate of drug-likeness (QED) is 0.554. The van der Waals surface area contributed by atoms with Crippen molar-refractivity contribution < 1.29 is 0 Å². The Balaban J connectivity index is 2.43. The summed E-state index contributed by atoms with van der Waals surface area (Å²) in [4.78, 5) is 0. The van der Waals surface area contributed by atoms with E-state index in [9.17, 15) is 0 Å². The maximum atomic E-state index is 4.45. The van der Waals surface area contributed by atoms with E-state index in [0.29, 0.717) is 6.04 Å². The van der Waals surface area contributed by atoms with E-state index in [1.54, 1.807) is 0 Å². The van der Waals surface area contributed by atoms with Crippen molar-refractivity contribution in [3.05, 3.63) is 0 Å². The molecule has 0 N–H and O–H groups in total. The number of hydrazone groups is 1. The number of rotatable bonds is 2. The van der Waals surface area contributed by atoms with E-state index >= 15 is 0 Å². The van der Waals surface area contributed by atoms with Gasteiger partial charge < -0.3 is 0 Å². The standard InChI is InChI=1S/C8H15IN2/c1-6(2)4-8-5-7(3)11(9)10-8/h6-7H,4-5H2,1-3H3. The van der Waals surface area contributed by atoms with Gasteiger partial charge in [0.25, 0.3) is 0 Å². The molecule has 0 spiro atoms. The summed E-state index contributed by atoms with van der Waals surface area (Å²) in [6, 6.07) is 0.601. The molecule has 0 aromatic carbocycles. The lowest BCUT2D eigenvalue weighted by atomic mass is 10.0. The van der Waals surface area contributed by atoms with Crippen LogP contribution in [0.2, 0.25) is 0 Å². The molecular weight excluding hydrogens is 251 g/mol. The van der Waals surface area contributed by atoms with Gasteiger partial charge in [-0.15, -0.1) is 0 Å². The molecule has 0 aromatic rings. The van der Waals surface area contributed by atoms with Gasteiger partial charge in [-0.3, -0.25) is 0 Å². The molecule has 0 radical (unpaired) electrons. The zero-order chi connectivity index (χ0) is 8.43. The average Bonchev–Trinajstić information content (AvgIpc) is 2.10. The predicted octanol–water partition coefficient (Wildman–Crippen LogP) is 2.83. The Morgan fingerprint density at radius 1 is 1.73 bits per heavy atom. The minimum absolute atomic E-state index is 0.601. The molecule has 0 aliphatic carbocycles. The normalized spacial score (nSPS) is 24.6. The Labute approximate surface area is 82.5 Å². The molecule has 64 valence electrons. The van der Waals surface area contributed by atoms with Crippen LogP contribution < -0.4 is 0 Å². The van der Waals surface area contributed by atoms with Gasteiger partial charge in [-0.1, -0.05) is 13.8 Å². The summed E-state index contributed by atoms with van der Waals surface area (Å²) in [5.74, 6) is 0.740. The van der Waals surface area contributed by atoms with Gasteiger partial charge in [-0.05, 0) is 19.3 Å². The second-order valence-electron chi connectivity index (χ2n) is 3.61. The van der Waals surface area contributed by atoms with Crippen LogP contribution in [-0.2, 0) is 0 Å². The first-order valence-electron chi connectivity index (χ1n) is 4.11. The van der Waals surface area contributed by atoms with Gasteiger partial charge in [0.2, 0.25) is 0 Å². The largest absolute Gasteiger partial charge is 0.233 e. The van der Waals surface area contributed by atoms with Crippen LogP contribution in [0.3, 0.4) is 0 Å². The van der Waals surface area contributed by atoms with Crippen LogP contribution in [0.15, 0.2) is 5.10 Å². The van der Waals surface area contributed by atoms with E-state index in [4.69, 9.17) is 0 Å². The minimum Gasteiger partial charge on any atom is -0.233 e. The molecule has 1 rings (SSSR count). The molecule has 1 aliphatic rings. The van der Waals surface area contributed by atoms with Crippen LogP contribution in [0.25, 0.3) is 0 Å². The lowest BCUT2D eigenvalue weighted by molar-refractivity contribution is 0.471. The van der Waals surface area contributed by atoms with Gasteiger partial charge in [0, 0.05) is 12.1 Å². The topological polar surface area (TPSA) is 15.6 Å². The molecule has 1 heterocycles. The monoisotopic (exact) mass is 266 g/mol. The average molecular weight is 266 g/mol. The Morgan fingerprint density at radius 3 is 2.73 bits per heavy atom. The number of nitrogens with zero attached hydrogens (tertiary/aromatic N) is 2. The van der Waals surface area contributed by atoms with Gasteiger partial charge in [-0.2, -0.15) is 5.10 Å². The summed E-state index contributed by atoms with van der Waals surface area (Å²) in [6.45, 7) is 6.69. The predicted molar refractivity (Wildman–Crippen MR) is 56.8 cm³/mol. The summed E-state index contributed by atoms with van der Waals surface area (Å²) < 4.78 is 2.04. The highest BCUT2D eigenvalue weighted by atomic mass is 127. The Bertz CT molecular complexity index is 165. The fourth-order valence-electron chi connectivity index (χ4n) is 1.29. The second-order valence-corrected chi connectivity index (χ2v) is 4.59. The van der Waals surface area contributed by atoms with Crippen molar-refractivity contribution in [2.75, 3.05) is 0 Å². The Morgan fingerprint density at radius 2 is 2.36 bits per heavy atom. The van der Waals surface area contributed by atoms with Crippen LogP contribution in [0.5, 0.6) is 0 Å². The first-order chi connectivity index (χ1) is 5.09. The molecule has 3 heteroatoms. The smallest absolute Gasteiger partial charge is 0.0786 e. The van der Waals surface area contributed by atoms with Gasteiger partial charge in [0.15, 0.2) is 0 Å². The molecule has 0 aromatic heterocycles. The summed E-state index contributed by atoms with van der Waals surface area (Å²) in [5, 5.41) is 4.45. The highest BCUT2D eigenvalue weighted by Gasteiger charge is 2.20. The van der Waals surface area contributed by atoms with E-state index < -0.39 is 0 Å². The van der Waals surface area contributed by atoms with E-state index in [0.717, 1.165) is 18.8 Å². The summed E-state index contributed by atoms with van der Waals surface area (Å²) in [6.07, 6.45) is 2.31. The molecule has 0 saturated heterocycles. The highest BCUT2D eigenvalue weighted by Crippen LogP contribution is 2.22. The molecule has 0 bridgehead atoms. The van der Waals surface area contributed by atoms with Crippen LogP contribution in [0, 0.1) is 5.92 Å². The first kappa shape index (κ1) is 9.29. The van der Waals surface area contributed by atoms with Gasteiger partial charge in [-0.25, -0.2) is 3.22 Å². The SMILES string of the molecule is CC(C)CC1=NN(I)C(C)C1. The fourth-order valence-corrected chi connectivity index (χ4v) is 1.79. The number of hydrogen-bond acceptors (Lipinski definition) is 2. The third kappa shape index (κ3) is 2.61. The van der Waals surface area contributed by atoms with E-state index in [-0.39, 0.29) is 0 Å². The van der Waals surface area contributed by atoms with Crippen LogP contribution in [0.1, 0.15) is 33.6 Å². The molecule has 2 nitrogen and oxygen atoms in total. The van der Waals surface area contributed by atoms with Gasteiger partial charge in [0.1, 0.15) is 0 Å². The molecule has 1 unspecified atom stereocenters. The maximum Gasteiger partial charge on any atom is 0.0786 e. The van der Waals surface area contributed by atoms with Gasteiger partial charge >= 0.3 is 0 Å². The van der Waals surface area contributed by atoms with Crippen molar-refractivity contribution in [3.8, 4) is 0 Å². The number of halogens is 1. The van der Waals surface area contributed by atoms with Gasteiger partial charge in [0.05, 0.1) is 28.9 Å². The summed E-state index contributed by atoms with van der Waals surface area (Å²) in [7, 11) is 0. The molecule has 0 fully saturated rings. The zero-order valence-electron chi connectivity index (χ0n) is 7.34. The lowest BCUT2D eigenvalue weighted by Crippen LogP contribution is -2.11. The zero-order valence-corrected chi connectivity index (χ0v) is 9.50. The van der Waals surface area contributed by atoms with Crippen molar-refractivity contribution in [2.24, 2.45) is 11.0 Å². The third-order valence-corrected chi connectivity index (χ3v) is 2.94. The summed E-state index contributed by atoms with van der Waals surface area (Å²) in [5.41, 5.74) is 1.36. The fraction of sp³-hybridized carbons (Fsp3) is 0.875. The highest BCUT2D eigenvalue weighted by molar-refractivity contribution is 14.1. The van der Waals surface area contributed by atoms with E-state index in [1.807, 2.05) is 3.22 Å². The third-order valence-electron chi connectivity index (χ3n) is 1.78. The van der Waals surface area contributed by atoms with Crippen molar-refractivity contribution >= 4 is 28.6 Å². The van der Waals surface area contributed by atoms with Crippen molar-refractivity contribution in [3.63, 3.8) is 0 Å². The first-order valence-corrected chi connectivity index (χ1v) is 5.07. The van der Waals surface area contributed by atoms with Crippen molar-refractivity contribution in [1.82, 2.24) is 3.22 Å². The van der Waals surface area contributed by atoms with Crippen LogP contribution in [-0.4, -0.2) is 15.0 Å². The van der Waals surface area contributed by atoms with Crippen molar-refractivity contribution in [1.29, 1.82) is 0 Å². The molecule has 1 atom stereocenters. The Kier molecular flexibility index (Phi) is 3.16. The van der Waals surface area contributed by atoms with Crippen molar-refractivity contribution in [2.45, 2.75) is 39.7 Å². The Hall–Kier alpha value is 0.200. The van der Waals surface area contributed by atoms with Crippen LogP contribution >= 0.6 is 22.9 Å². The molecule has 0 saturated carbocycles.